The lowest BCUT2D eigenvalue weighted by Gasteiger charge is -2.36. The maximum atomic E-state index is 13.6. The predicted octanol–water partition coefficient (Wildman–Crippen LogP) is 4.95. The smallest absolute Gasteiger partial charge is 0.418 e. The zero-order valence-electron chi connectivity index (χ0n) is 22.0. The van der Waals surface area contributed by atoms with Crippen LogP contribution >= 0.6 is 0 Å². The Morgan fingerprint density at radius 2 is 1.74 bits per heavy atom. The number of nitrogens with one attached hydrogen (secondary N) is 3. The third-order valence-electron chi connectivity index (χ3n) is 7.87. The van der Waals surface area contributed by atoms with Crippen molar-refractivity contribution in [3.8, 4) is 0 Å². The van der Waals surface area contributed by atoms with Crippen molar-refractivity contribution in [3.63, 3.8) is 0 Å². The van der Waals surface area contributed by atoms with Gasteiger partial charge < -0.3 is 20.7 Å². The number of aryl methyl sites for hydroxylation is 1. The fourth-order valence-corrected chi connectivity index (χ4v) is 5.24. The molecule has 1 unspecified atom stereocenters. The molecule has 0 saturated heterocycles. The number of carboxylic acids is 1. The molecule has 10 heteroatoms. The summed E-state index contributed by atoms with van der Waals surface area (Å²) < 4.78 is 40.8. The van der Waals surface area contributed by atoms with Crippen molar-refractivity contribution in [2.24, 2.45) is 5.92 Å². The van der Waals surface area contributed by atoms with Crippen molar-refractivity contribution in [2.45, 2.75) is 70.1 Å². The van der Waals surface area contributed by atoms with Crippen LogP contribution in [0.5, 0.6) is 0 Å². The molecule has 0 radical (unpaired) electrons. The van der Waals surface area contributed by atoms with Crippen molar-refractivity contribution < 1.29 is 32.7 Å². The Kier molecular flexibility index (Phi) is 7.77. The van der Waals surface area contributed by atoms with Gasteiger partial charge in [0, 0.05) is 17.5 Å². The van der Waals surface area contributed by atoms with E-state index in [1.807, 2.05) is 37.3 Å². The fraction of sp³-hybridized carbons (Fsp3) is 0.414. The van der Waals surface area contributed by atoms with E-state index in [4.69, 9.17) is 0 Å². The molecule has 4 N–H and O–H groups in total. The summed E-state index contributed by atoms with van der Waals surface area (Å²) in [6, 6.07) is 11.9. The van der Waals surface area contributed by atoms with Crippen LogP contribution in [0.3, 0.4) is 0 Å². The third-order valence-corrected chi connectivity index (χ3v) is 7.87. The van der Waals surface area contributed by atoms with E-state index in [1.54, 1.807) is 13.8 Å². The van der Waals surface area contributed by atoms with E-state index in [9.17, 15) is 32.7 Å². The highest BCUT2D eigenvalue weighted by atomic mass is 19.4. The largest absolute Gasteiger partial charge is 0.479 e. The summed E-state index contributed by atoms with van der Waals surface area (Å²) >= 11 is 0. The van der Waals surface area contributed by atoms with Crippen LogP contribution in [0, 0.1) is 5.92 Å². The molecule has 3 aromatic rings. The van der Waals surface area contributed by atoms with Gasteiger partial charge in [0.1, 0.15) is 11.6 Å². The number of hydrogen-bond donors (Lipinski definition) is 4. The van der Waals surface area contributed by atoms with Crippen LogP contribution in [0.1, 0.15) is 61.9 Å². The van der Waals surface area contributed by atoms with Crippen LogP contribution < -0.4 is 10.6 Å². The highest BCUT2D eigenvalue weighted by Gasteiger charge is 2.46. The number of H-pyrrole nitrogens is 1. The quantitative estimate of drug-likeness (QED) is 0.322. The number of hydrogen-bond acceptors (Lipinski definition) is 3. The first-order chi connectivity index (χ1) is 18.4. The monoisotopic (exact) mass is 543 g/mol. The van der Waals surface area contributed by atoms with Crippen LogP contribution in [0.4, 0.5) is 13.2 Å². The number of fused-ring (bicyclic) bond motifs is 3. The van der Waals surface area contributed by atoms with Gasteiger partial charge in [-0.15, -0.1) is 0 Å². The van der Waals surface area contributed by atoms with Gasteiger partial charge in [0.25, 0.3) is 0 Å². The van der Waals surface area contributed by atoms with Crippen molar-refractivity contribution in [2.75, 3.05) is 0 Å². The first-order valence-electron chi connectivity index (χ1n) is 13.0. The Morgan fingerprint density at radius 3 is 2.36 bits per heavy atom. The number of carbonyl (C=O) groups excluding carboxylic acids is 2. The molecule has 0 spiro atoms. The van der Waals surface area contributed by atoms with Gasteiger partial charge in [0.2, 0.25) is 11.8 Å². The summed E-state index contributed by atoms with van der Waals surface area (Å²) in [5.41, 5.74) is -0.927. The molecule has 2 aromatic carbocycles. The minimum absolute atomic E-state index is 0.0170. The number of aromatic nitrogens is 1. The number of para-hydroxylation sites is 1. The van der Waals surface area contributed by atoms with Gasteiger partial charge in [-0.05, 0) is 42.9 Å². The predicted molar refractivity (Wildman–Crippen MR) is 140 cm³/mol. The van der Waals surface area contributed by atoms with E-state index in [0.717, 1.165) is 11.6 Å². The molecule has 1 aromatic heterocycles. The van der Waals surface area contributed by atoms with E-state index in [2.05, 4.69) is 15.6 Å². The molecule has 4 rings (SSSR count). The summed E-state index contributed by atoms with van der Waals surface area (Å²) in [7, 11) is 0. The Bertz CT molecular complexity index is 1390. The summed E-state index contributed by atoms with van der Waals surface area (Å²) in [6.07, 6.45) is -4.10. The van der Waals surface area contributed by atoms with Crippen LogP contribution in [0.2, 0.25) is 0 Å². The molecule has 0 bridgehead atoms. The summed E-state index contributed by atoms with van der Waals surface area (Å²) in [4.78, 5) is 42.1. The third kappa shape index (κ3) is 5.51. The Balaban J connectivity index is 1.62. The van der Waals surface area contributed by atoms with Crippen LogP contribution in [0.15, 0.2) is 48.5 Å². The first kappa shape index (κ1) is 28.2. The lowest BCUT2D eigenvalue weighted by molar-refractivity contribution is -0.149. The number of benzene rings is 2. The zero-order chi connectivity index (χ0) is 28.5. The standard InChI is InChI=1S/C29H32F3N3O4/c1-4-16(2)23(34-25(36)17(3)18-9-6-5-7-10-18)26(37)35-28(27(38)39)14-13-22-20(15-28)19-11-8-12-21(24(19)33-22)29(30,31)32/h5-12,16-17,23,33H,4,13-15H2,1-3H3,(H,34,36)(H,35,37)(H,38,39)/t16?,17-,23+,28-/m1/s1. The highest BCUT2D eigenvalue weighted by molar-refractivity contribution is 5.95. The van der Waals surface area contributed by atoms with Crippen molar-refractivity contribution in [1.82, 2.24) is 15.6 Å². The van der Waals surface area contributed by atoms with E-state index in [-0.39, 0.29) is 42.0 Å². The molecule has 2 amide bonds. The SMILES string of the molecule is CCC(C)[C@H](NC(=O)[C@H](C)c1ccccc1)C(=O)N[C@]1(C(=O)O)CCc2[nH]c3c(C(F)(F)F)cccc3c2C1. The average molecular weight is 544 g/mol. The van der Waals surface area contributed by atoms with Crippen molar-refractivity contribution >= 4 is 28.7 Å². The molecule has 0 saturated carbocycles. The van der Waals surface area contributed by atoms with Crippen LogP contribution in [0.25, 0.3) is 10.9 Å². The number of aliphatic carboxylic acids is 1. The van der Waals surface area contributed by atoms with Gasteiger partial charge in [0.15, 0.2) is 0 Å². The molecular formula is C29H32F3N3O4. The second-order valence-corrected chi connectivity index (χ2v) is 10.4. The van der Waals surface area contributed by atoms with Gasteiger partial charge in [-0.2, -0.15) is 13.2 Å². The number of carboxylic acid groups (broad SMARTS) is 1. The van der Waals surface area contributed by atoms with Crippen LogP contribution in [-0.2, 0) is 33.4 Å². The summed E-state index contributed by atoms with van der Waals surface area (Å²) in [5, 5.41) is 16.0. The second kappa shape index (κ2) is 10.7. The normalized spacial score (nSPS) is 19.5. The number of alkyl halides is 3. The molecule has 4 atom stereocenters. The first-order valence-corrected chi connectivity index (χ1v) is 13.0. The molecule has 1 aliphatic rings. The zero-order valence-corrected chi connectivity index (χ0v) is 22.0. The Hall–Kier alpha value is -3.82. The van der Waals surface area contributed by atoms with Crippen molar-refractivity contribution in [3.05, 3.63) is 70.9 Å². The lowest BCUT2D eigenvalue weighted by Crippen LogP contribution is -2.62. The average Bonchev–Trinajstić information content (AvgIpc) is 3.28. The Labute approximate surface area is 224 Å². The Morgan fingerprint density at radius 1 is 1.05 bits per heavy atom. The minimum Gasteiger partial charge on any atom is -0.479 e. The topological polar surface area (TPSA) is 111 Å². The van der Waals surface area contributed by atoms with E-state index < -0.39 is 41.1 Å². The lowest BCUT2D eigenvalue weighted by atomic mass is 9.79. The van der Waals surface area contributed by atoms with Gasteiger partial charge in [0.05, 0.1) is 17.0 Å². The maximum absolute atomic E-state index is 13.6. The van der Waals surface area contributed by atoms with Crippen LogP contribution in [-0.4, -0.2) is 39.5 Å². The molecule has 39 heavy (non-hydrogen) atoms. The number of aromatic amines is 1. The molecule has 1 heterocycles. The molecule has 0 aliphatic heterocycles. The van der Waals surface area contributed by atoms with E-state index in [0.29, 0.717) is 17.7 Å². The van der Waals surface area contributed by atoms with Gasteiger partial charge in [-0.25, -0.2) is 4.79 Å². The summed E-state index contributed by atoms with van der Waals surface area (Å²) in [6.45, 7) is 5.38. The van der Waals surface area contributed by atoms with Gasteiger partial charge in [-0.3, -0.25) is 9.59 Å². The number of amides is 2. The highest BCUT2D eigenvalue weighted by Crippen LogP contribution is 2.40. The molecule has 7 nitrogen and oxygen atoms in total. The fourth-order valence-electron chi connectivity index (χ4n) is 5.24. The number of carbonyl (C=O) groups is 3. The van der Waals surface area contributed by atoms with E-state index in [1.165, 1.54) is 12.1 Å². The van der Waals surface area contributed by atoms with Gasteiger partial charge in [-0.1, -0.05) is 62.7 Å². The molecule has 208 valence electrons. The van der Waals surface area contributed by atoms with E-state index >= 15 is 0 Å². The molecular weight excluding hydrogens is 511 g/mol. The minimum atomic E-state index is -4.58. The van der Waals surface area contributed by atoms with Crippen molar-refractivity contribution in [1.29, 1.82) is 0 Å². The second-order valence-electron chi connectivity index (χ2n) is 10.4. The molecule has 1 aliphatic carbocycles. The maximum Gasteiger partial charge on any atom is 0.418 e. The number of rotatable bonds is 8. The molecule has 0 fully saturated rings. The van der Waals surface area contributed by atoms with Gasteiger partial charge >= 0.3 is 12.1 Å². The number of halogens is 3. The summed E-state index contributed by atoms with van der Waals surface area (Å²) in [5.74, 6) is -3.13.